The molecule has 0 saturated carbocycles. The fourth-order valence-electron chi connectivity index (χ4n) is 2.25. The number of halogens is 1. The standard InChI is InChI=1S/C18H18ClN3O/c1-12-3-5-15(6-4-12)18-22-21-17(23-18)11-20-13(2)14-7-9-16(19)10-8-14/h3-10,13,20H,11H2,1-2H3/t13-/m1/s1. The van der Waals surface area contributed by atoms with Crippen LogP contribution in [0.2, 0.25) is 5.02 Å². The van der Waals surface area contributed by atoms with Gasteiger partial charge in [-0.3, -0.25) is 0 Å². The molecule has 23 heavy (non-hydrogen) atoms. The van der Waals surface area contributed by atoms with E-state index < -0.39 is 0 Å². The average molecular weight is 328 g/mol. The highest BCUT2D eigenvalue weighted by atomic mass is 35.5. The van der Waals surface area contributed by atoms with Crippen LogP contribution in [-0.4, -0.2) is 10.2 Å². The van der Waals surface area contributed by atoms with Crippen LogP contribution in [0.15, 0.2) is 52.9 Å². The first-order valence-corrected chi connectivity index (χ1v) is 7.88. The third-order valence-corrected chi connectivity index (χ3v) is 3.95. The van der Waals surface area contributed by atoms with E-state index in [2.05, 4.69) is 22.4 Å². The predicted octanol–water partition coefficient (Wildman–Crippen LogP) is 4.55. The van der Waals surface area contributed by atoms with Gasteiger partial charge in [0, 0.05) is 16.6 Å². The minimum absolute atomic E-state index is 0.169. The van der Waals surface area contributed by atoms with Gasteiger partial charge in [-0.05, 0) is 43.7 Å². The first-order valence-electron chi connectivity index (χ1n) is 7.50. The summed E-state index contributed by atoms with van der Waals surface area (Å²) >= 11 is 5.91. The van der Waals surface area contributed by atoms with Crippen LogP contribution in [0.25, 0.3) is 11.5 Å². The van der Waals surface area contributed by atoms with Crippen LogP contribution in [0.5, 0.6) is 0 Å². The van der Waals surface area contributed by atoms with Crippen molar-refractivity contribution < 1.29 is 4.42 Å². The van der Waals surface area contributed by atoms with Crippen LogP contribution in [0.1, 0.15) is 30.0 Å². The fraction of sp³-hybridized carbons (Fsp3) is 0.222. The highest BCUT2D eigenvalue weighted by Gasteiger charge is 2.10. The average Bonchev–Trinajstić information content (AvgIpc) is 3.03. The summed E-state index contributed by atoms with van der Waals surface area (Å²) in [4.78, 5) is 0. The third kappa shape index (κ3) is 3.97. The van der Waals surface area contributed by atoms with Gasteiger partial charge >= 0.3 is 0 Å². The summed E-state index contributed by atoms with van der Waals surface area (Å²) in [6.07, 6.45) is 0. The van der Waals surface area contributed by atoms with Crippen molar-refractivity contribution in [2.24, 2.45) is 0 Å². The molecule has 5 heteroatoms. The number of hydrogen-bond acceptors (Lipinski definition) is 4. The lowest BCUT2D eigenvalue weighted by atomic mass is 10.1. The third-order valence-electron chi connectivity index (χ3n) is 3.69. The summed E-state index contributed by atoms with van der Waals surface area (Å²) in [5, 5.41) is 12.3. The van der Waals surface area contributed by atoms with Crippen molar-refractivity contribution in [2.45, 2.75) is 26.4 Å². The summed E-state index contributed by atoms with van der Waals surface area (Å²) < 4.78 is 5.71. The minimum Gasteiger partial charge on any atom is -0.419 e. The second kappa shape index (κ2) is 6.94. The highest BCUT2D eigenvalue weighted by molar-refractivity contribution is 6.30. The van der Waals surface area contributed by atoms with E-state index in [1.807, 2.05) is 55.5 Å². The number of rotatable bonds is 5. The fourth-order valence-corrected chi connectivity index (χ4v) is 2.37. The van der Waals surface area contributed by atoms with E-state index >= 15 is 0 Å². The molecule has 118 valence electrons. The molecule has 0 radical (unpaired) electrons. The maximum atomic E-state index is 5.91. The molecular weight excluding hydrogens is 310 g/mol. The molecule has 0 spiro atoms. The Morgan fingerprint density at radius 3 is 2.43 bits per heavy atom. The lowest BCUT2D eigenvalue weighted by molar-refractivity contribution is 0.454. The molecule has 0 aliphatic rings. The quantitative estimate of drug-likeness (QED) is 0.747. The second-order valence-corrected chi connectivity index (χ2v) is 5.96. The lowest BCUT2D eigenvalue weighted by Crippen LogP contribution is -2.18. The number of aromatic nitrogens is 2. The molecule has 0 fully saturated rings. The van der Waals surface area contributed by atoms with E-state index in [-0.39, 0.29) is 6.04 Å². The number of benzene rings is 2. The van der Waals surface area contributed by atoms with E-state index in [1.54, 1.807) is 0 Å². The first kappa shape index (κ1) is 15.7. The van der Waals surface area contributed by atoms with Crippen LogP contribution in [0, 0.1) is 6.92 Å². The molecule has 3 rings (SSSR count). The van der Waals surface area contributed by atoms with E-state index in [0.717, 1.165) is 16.1 Å². The number of nitrogens with one attached hydrogen (secondary N) is 1. The number of nitrogens with zero attached hydrogens (tertiary/aromatic N) is 2. The van der Waals surface area contributed by atoms with Crippen LogP contribution in [-0.2, 0) is 6.54 Å². The maximum Gasteiger partial charge on any atom is 0.247 e. The van der Waals surface area contributed by atoms with Crippen molar-refractivity contribution in [2.75, 3.05) is 0 Å². The van der Waals surface area contributed by atoms with Crippen LogP contribution in [0.4, 0.5) is 0 Å². The van der Waals surface area contributed by atoms with Gasteiger partial charge in [-0.1, -0.05) is 41.4 Å². The van der Waals surface area contributed by atoms with Gasteiger partial charge < -0.3 is 9.73 Å². The molecule has 0 aliphatic heterocycles. The summed E-state index contributed by atoms with van der Waals surface area (Å²) in [6, 6.07) is 16.0. The molecule has 1 atom stereocenters. The molecule has 0 amide bonds. The smallest absolute Gasteiger partial charge is 0.247 e. The molecule has 4 nitrogen and oxygen atoms in total. The molecule has 1 heterocycles. The molecule has 0 unspecified atom stereocenters. The highest BCUT2D eigenvalue weighted by Crippen LogP contribution is 2.19. The zero-order chi connectivity index (χ0) is 16.2. The van der Waals surface area contributed by atoms with Gasteiger partial charge in [0.05, 0.1) is 6.54 Å². The molecule has 1 N–H and O–H groups in total. The lowest BCUT2D eigenvalue weighted by Gasteiger charge is -2.12. The Morgan fingerprint density at radius 1 is 1.04 bits per heavy atom. The largest absolute Gasteiger partial charge is 0.419 e. The molecular formula is C18H18ClN3O. The van der Waals surface area contributed by atoms with Gasteiger partial charge in [0.2, 0.25) is 11.8 Å². The molecule has 0 aliphatic carbocycles. The Bertz CT molecular complexity index is 766. The molecule has 0 saturated heterocycles. The Labute approximate surface area is 140 Å². The van der Waals surface area contributed by atoms with Crippen LogP contribution < -0.4 is 5.32 Å². The summed E-state index contributed by atoms with van der Waals surface area (Å²) in [5.41, 5.74) is 3.29. The van der Waals surface area contributed by atoms with Crippen molar-refractivity contribution in [3.63, 3.8) is 0 Å². The molecule has 3 aromatic rings. The van der Waals surface area contributed by atoms with Crippen LogP contribution in [0.3, 0.4) is 0 Å². The predicted molar refractivity (Wildman–Crippen MR) is 91.2 cm³/mol. The summed E-state index contributed by atoms with van der Waals surface area (Å²) in [6.45, 7) is 4.65. The Kier molecular flexibility index (Phi) is 4.74. The SMILES string of the molecule is Cc1ccc(-c2nnc(CN[C@H](C)c3ccc(Cl)cc3)o2)cc1. The number of aryl methyl sites for hydroxylation is 1. The molecule has 0 bridgehead atoms. The Morgan fingerprint density at radius 2 is 1.74 bits per heavy atom. The Hall–Kier alpha value is -2.17. The second-order valence-electron chi connectivity index (χ2n) is 5.52. The van der Waals surface area contributed by atoms with Gasteiger partial charge in [-0.15, -0.1) is 10.2 Å². The van der Waals surface area contributed by atoms with Crippen LogP contribution >= 0.6 is 11.6 Å². The molecule has 1 aromatic heterocycles. The van der Waals surface area contributed by atoms with Gasteiger partial charge in [0.15, 0.2) is 0 Å². The number of hydrogen-bond donors (Lipinski definition) is 1. The van der Waals surface area contributed by atoms with E-state index in [0.29, 0.717) is 18.3 Å². The van der Waals surface area contributed by atoms with Crippen molar-refractivity contribution in [1.82, 2.24) is 15.5 Å². The topological polar surface area (TPSA) is 51.0 Å². The van der Waals surface area contributed by atoms with Gasteiger partial charge in [0.1, 0.15) is 0 Å². The van der Waals surface area contributed by atoms with Gasteiger partial charge in [0.25, 0.3) is 0 Å². The maximum absolute atomic E-state index is 5.91. The van der Waals surface area contributed by atoms with E-state index in [1.165, 1.54) is 5.56 Å². The Balaban J connectivity index is 1.63. The van der Waals surface area contributed by atoms with Crippen molar-refractivity contribution in [1.29, 1.82) is 0 Å². The molecule has 2 aromatic carbocycles. The minimum atomic E-state index is 0.169. The zero-order valence-corrected chi connectivity index (χ0v) is 13.8. The summed E-state index contributed by atoms with van der Waals surface area (Å²) in [7, 11) is 0. The van der Waals surface area contributed by atoms with Crippen molar-refractivity contribution in [3.8, 4) is 11.5 Å². The van der Waals surface area contributed by atoms with E-state index in [4.69, 9.17) is 16.0 Å². The van der Waals surface area contributed by atoms with Crippen molar-refractivity contribution in [3.05, 3.63) is 70.6 Å². The van der Waals surface area contributed by atoms with Crippen molar-refractivity contribution >= 4 is 11.6 Å². The van der Waals surface area contributed by atoms with E-state index in [9.17, 15) is 0 Å². The first-order chi connectivity index (χ1) is 11.1. The van der Waals surface area contributed by atoms with Gasteiger partial charge in [-0.25, -0.2) is 0 Å². The van der Waals surface area contributed by atoms with Gasteiger partial charge in [-0.2, -0.15) is 0 Å². The normalized spacial score (nSPS) is 12.3. The summed E-state index contributed by atoms with van der Waals surface area (Å²) in [5.74, 6) is 1.11. The monoisotopic (exact) mass is 327 g/mol. The zero-order valence-electron chi connectivity index (χ0n) is 13.1.